The molecule has 1 amide bonds. The van der Waals surface area contributed by atoms with Crippen LogP contribution in [0.2, 0.25) is 0 Å². The first kappa shape index (κ1) is 26.6. The van der Waals surface area contributed by atoms with Crippen LogP contribution in [-0.4, -0.2) is 36.7 Å². The molecule has 0 unspecified atom stereocenters. The van der Waals surface area contributed by atoms with Crippen LogP contribution in [0.3, 0.4) is 0 Å². The third kappa shape index (κ3) is 5.60. The molecule has 1 aliphatic heterocycles. The van der Waals surface area contributed by atoms with Crippen LogP contribution in [0.25, 0.3) is 28.3 Å². The average Bonchev–Trinajstić information content (AvgIpc) is 3.63. The highest BCUT2D eigenvalue weighted by Crippen LogP contribution is 2.34. The van der Waals surface area contributed by atoms with Crippen molar-refractivity contribution < 1.29 is 4.79 Å². The van der Waals surface area contributed by atoms with Gasteiger partial charge in [0.2, 0.25) is 11.9 Å². The summed E-state index contributed by atoms with van der Waals surface area (Å²) < 4.78 is 2.04. The fraction of sp³-hybridized carbons (Fsp3) is 0.143. The Morgan fingerprint density at radius 3 is 2.58 bits per heavy atom. The quantitative estimate of drug-likeness (QED) is 0.213. The Bertz CT molecular complexity index is 1930. The molecule has 0 radical (unpaired) electrons. The number of carbonyl (C=O) groups is 1. The minimum absolute atomic E-state index is 0.0703. The lowest BCUT2D eigenvalue weighted by Gasteiger charge is -2.10. The van der Waals surface area contributed by atoms with E-state index in [1.807, 2.05) is 89.5 Å². The van der Waals surface area contributed by atoms with E-state index >= 15 is 0 Å². The molecular formula is C35H31N7O. The summed E-state index contributed by atoms with van der Waals surface area (Å²) in [5, 5.41) is 6.45. The summed E-state index contributed by atoms with van der Waals surface area (Å²) in [4.78, 5) is 29.6. The van der Waals surface area contributed by atoms with Gasteiger partial charge in [-0.1, -0.05) is 61.5 Å². The Morgan fingerprint density at radius 1 is 0.837 bits per heavy atom. The van der Waals surface area contributed by atoms with E-state index in [1.54, 1.807) is 6.20 Å². The number of benzene rings is 3. The number of rotatable bonds is 8. The van der Waals surface area contributed by atoms with Crippen molar-refractivity contribution in [1.82, 2.24) is 24.3 Å². The fourth-order valence-corrected chi connectivity index (χ4v) is 5.62. The first-order valence-electron chi connectivity index (χ1n) is 14.5. The molecule has 8 heteroatoms. The molecule has 4 heterocycles. The summed E-state index contributed by atoms with van der Waals surface area (Å²) in [6, 6.07) is 31.8. The number of carbonyl (C=O) groups excluding carboxylic acids is 1. The maximum absolute atomic E-state index is 12.8. The third-order valence-electron chi connectivity index (χ3n) is 7.75. The normalized spacial score (nSPS) is 12.8. The van der Waals surface area contributed by atoms with Crippen LogP contribution in [0.5, 0.6) is 0 Å². The number of pyridine rings is 1. The number of hydrogen-bond donors (Lipinski definition) is 2. The van der Waals surface area contributed by atoms with Crippen LogP contribution < -0.4 is 10.6 Å². The van der Waals surface area contributed by atoms with Crippen molar-refractivity contribution in [2.24, 2.45) is 0 Å². The number of imidazole rings is 1. The van der Waals surface area contributed by atoms with Crippen molar-refractivity contribution in [1.29, 1.82) is 0 Å². The van der Waals surface area contributed by atoms with E-state index in [0.29, 0.717) is 18.1 Å². The van der Waals surface area contributed by atoms with Crippen LogP contribution in [0, 0.1) is 0 Å². The Balaban J connectivity index is 1.20. The maximum atomic E-state index is 12.8. The number of fused-ring (bicyclic) bond motifs is 2. The molecule has 0 bridgehead atoms. The van der Waals surface area contributed by atoms with Gasteiger partial charge in [0.15, 0.2) is 0 Å². The van der Waals surface area contributed by atoms with E-state index in [0.717, 1.165) is 59.2 Å². The molecule has 3 aromatic heterocycles. The lowest BCUT2D eigenvalue weighted by Crippen LogP contribution is -2.14. The standard InChI is InChI=1S/C35H31N7O/c1-2-41-22-26-14-15-29(21-27(26)23-41)38-35-36-17-16-30(39-35)34-33(40-31-13-6-7-18-42(31)34)25-11-8-12-28(20-25)37-32(43)19-24-9-4-3-5-10-24/h3-18,20-21H,2,19,22-23H2,1H3,(H,37,43)(H,36,38,39). The van der Waals surface area contributed by atoms with Gasteiger partial charge in [0, 0.05) is 42.4 Å². The van der Waals surface area contributed by atoms with Gasteiger partial charge in [0.25, 0.3) is 0 Å². The number of amides is 1. The monoisotopic (exact) mass is 565 g/mol. The molecule has 6 aromatic rings. The first-order valence-corrected chi connectivity index (χ1v) is 14.5. The third-order valence-corrected chi connectivity index (χ3v) is 7.75. The molecule has 3 aromatic carbocycles. The smallest absolute Gasteiger partial charge is 0.228 e. The van der Waals surface area contributed by atoms with Crippen LogP contribution >= 0.6 is 0 Å². The van der Waals surface area contributed by atoms with Gasteiger partial charge in [0.05, 0.1) is 23.5 Å². The molecule has 0 saturated carbocycles. The van der Waals surface area contributed by atoms with E-state index in [1.165, 1.54) is 11.1 Å². The summed E-state index contributed by atoms with van der Waals surface area (Å²) in [6.45, 7) is 5.18. The molecule has 43 heavy (non-hydrogen) atoms. The van der Waals surface area contributed by atoms with E-state index < -0.39 is 0 Å². The van der Waals surface area contributed by atoms with Crippen LogP contribution in [0.1, 0.15) is 23.6 Å². The number of anilines is 3. The number of nitrogens with one attached hydrogen (secondary N) is 2. The number of nitrogens with zero attached hydrogens (tertiary/aromatic N) is 5. The van der Waals surface area contributed by atoms with E-state index in [9.17, 15) is 4.79 Å². The first-order chi connectivity index (χ1) is 21.1. The average molecular weight is 566 g/mol. The molecule has 212 valence electrons. The zero-order valence-electron chi connectivity index (χ0n) is 23.9. The molecule has 0 saturated heterocycles. The second-order valence-corrected chi connectivity index (χ2v) is 10.7. The van der Waals surface area contributed by atoms with Gasteiger partial charge in [-0.25, -0.2) is 15.0 Å². The van der Waals surface area contributed by atoms with Crippen molar-refractivity contribution in [3.63, 3.8) is 0 Å². The van der Waals surface area contributed by atoms with Gasteiger partial charge < -0.3 is 10.6 Å². The summed E-state index contributed by atoms with van der Waals surface area (Å²) in [6.07, 6.45) is 4.06. The number of hydrogen-bond acceptors (Lipinski definition) is 6. The molecule has 0 fully saturated rings. The van der Waals surface area contributed by atoms with Crippen molar-refractivity contribution in [2.45, 2.75) is 26.4 Å². The lowest BCUT2D eigenvalue weighted by molar-refractivity contribution is -0.115. The fourth-order valence-electron chi connectivity index (χ4n) is 5.62. The SMILES string of the molecule is CCN1Cc2ccc(Nc3nccc(-c4c(-c5cccc(NC(=O)Cc6ccccc6)c5)nc5ccccn45)n3)cc2C1. The molecule has 1 aliphatic rings. The van der Waals surface area contributed by atoms with Gasteiger partial charge in [-0.2, -0.15) is 0 Å². The van der Waals surface area contributed by atoms with Crippen LogP contribution in [0.15, 0.2) is 109 Å². The maximum Gasteiger partial charge on any atom is 0.228 e. The highest BCUT2D eigenvalue weighted by molar-refractivity contribution is 5.93. The Morgan fingerprint density at radius 2 is 1.70 bits per heavy atom. The Kier molecular flexibility index (Phi) is 7.10. The predicted octanol–water partition coefficient (Wildman–Crippen LogP) is 6.72. The second kappa shape index (κ2) is 11.5. The van der Waals surface area contributed by atoms with Crippen molar-refractivity contribution in [3.05, 3.63) is 126 Å². The summed E-state index contributed by atoms with van der Waals surface area (Å²) in [5.41, 5.74) is 9.39. The summed E-state index contributed by atoms with van der Waals surface area (Å²) >= 11 is 0. The molecule has 2 N–H and O–H groups in total. The van der Waals surface area contributed by atoms with Crippen LogP contribution in [-0.2, 0) is 24.3 Å². The van der Waals surface area contributed by atoms with Gasteiger partial charge in [-0.15, -0.1) is 0 Å². The highest BCUT2D eigenvalue weighted by Gasteiger charge is 2.20. The molecule has 0 aliphatic carbocycles. The second-order valence-electron chi connectivity index (χ2n) is 10.7. The molecule has 0 spiro atoms. The van der Waals surface area contributed by atoms with Gasteiger partial charge in [-0.3, -0.25) is 14.1 Å². The van der Waals surface area contributed by atoms with Crippen molar-refractivity contribution in [2.75, 3.05) is 17.2 Å². The largest absolute Gasteiger partial charge is 0.326 e. The topological polar surface area (TPSA) is 87.5 Å². The molecule has 0 atom stereocenters. The van der Waals surface area contributed by atoms with E-state index in [-0.39, 0.29) is 5.91 Å². The van der Waals surface area contributed by atoms with E-state index in [2.05, 4.69) is 45.6 Å². The lowest BCUT2D eigenvalue weighted by atomic mass is 10.1. The van der Waals surface area contributed by atoms with Gasteiger partial charge in [0.1, 0.15) is 5.65 Å². The number of aromatic nitrogens is 4. The molecular weight excluding hydrogens is 534 g/mol. The summed E-state index contributed by atoms with van der Waals surface area (Å²) in [5.74, 6) is 0.445. The van der Waals surface area contributed by atoms with Gasteiger partial charge >= 0.3 is 0 Å². The minimum Gasteiger partial charge on any atom is -0.326 e. The van der Waals surface area contributed by atoms with Crippen molar-refractivity contribution in [3.8, 4) is 22.6 Å². The Labute approximate surface area is 250 Å². The zero-order valence-corrected chi connectivity index (χ0v) is 23.9. The predicted molar refractivity (Wildman–Crippen MR) is 170 cm³/mol. The highest BCUT2D eigenvalue weighted by atomic mass is 16.1. The van der Waals surface area contributed by atoms with Crippen LogP contribution in [0.4, 0.5) is 17.3 Å². The Hall–Kier alpha value is -5.34. The van der Waals surface area contributed by atoms with Crippen molar-refractivity contribution >= 4 is 28.9 Å². The summed E-state index contributed by atoms with van der Waals surface area (Å²) in [7, 11) is 0. The zero-order chi connectivity index (χ0) is 29.2. The van der Waals surface area contributed by atoms with Gasteiger partial charge in [-0.05, 0) is 65.7 Å². The van der Waals surface area contributed by atoms with E-state index in [4.69, 9.17) is 9.97 Å². The molecule has 8 nitrogen and oxygen atoms in total. The molecule has 7 rings (SSSR count). The minimum atomic E-state index is -0.0703.